The Labute approximate surface area is 117 Å². The topological polar surface area (TPSA) is 158 Å². The van der Waals surface area contributed by atoms with E-state index in [9.17, 15) is 21.0 Å². The summed E-state index contributed by atoms with van der Waals surface area (Å²) in [6.07, 6.45) is 0.975. The highest BCUT2D eigenvalue weighted by molar-refractivity contribution is 7.87. The smallest absolute Gasteiger partial charge is 0.289 e. The minimum atomic E-state index is -4.90. The SMILES string of the molecule is C=Cc1cc(NS(=O)O)c(S(=O)(=O)O)cc1S(=O)(=O)O. The molecule has 1 atom stereocenters. The number of hydrogen-bond acceptors (Lipinski definition) is 5. The van der Waals surface area contributed by atoms with Crippen LogP contribution in [-0.2, 0) is 31.5 Å². The Balaban J connectivity index is 3.80. The zero-order valence-electron chi connectivity index (χ0n) is 9.55. The van der Waals surface area contributed by atoms with Crippen LogP contribution in [-0.4, -0.2) is 34.7 Å². The molecule has 4 N–H and O–H groups in total. The molecular weight excluding hydrogens is 334 g/mol. The summed E-state index contributed by atoms with van der Waals surface area (Å²) in [6.45, 7) is 3.26. The Kier molecular flexibility index (Phi) is 4.68. The molecule has 0 aliphatic heterocycles. The summed E-state index contributed by atoms with van der Waals surface area (Å²) < 4.78 is 83.7. The fourth-order valence-corrected chi connectivity index (χ4v) is 3.21. The molecule has 1 unspecified atom stereocenters. The van der Waals surface area contributed by atoms with Gasteiger partial charge in [0.25, 0.3) is 31.5 Å². The molecule has 0 bridgehead atoms. The quantitative estimate of drug-likeness (QED) is 0.441. The van der Waals surface area contributed by atoms with Gasteiger partial charge in [0.1, 0.15) is 9.79 Å². The van der Waals surface area contributed by atoms with E-state index in [1.165, 1.54) is 0 Å². The molecule has 1 rings (SSSR count). The Bertz CT molecular complexity index is 780. The van der Waals surface area contributed by atoms with Crippen LogP contribution in [0.4, 0.5) is 5.69 Å². The number of rotatable bonds is 5. The Morgan fingerprint density at radius 1 is 1.10 bits per heavy atom. The first-order chi connectivity index (χ1) is 8.96. The summed E-state index contributed by atoms with van der Waals surface area (Å²) in [6, 6.07) is 1.27. The Morgan fingerprint density at radius 3 is 1.95 bits per heavy atom. The minimum absolute atomic E-state index is 0.229. The summed E-state index contributed by atoms with van der Waals surface area (Å²) in [7, 11) is -9.69. The van der Waals surface area contributed by atoms with E-state index in [4.69, 9.17) is 13.7 Å². The van der Waals surface area contributed by atoms with Crippen molar-refractivity contribution >= 4 is 43.3 Å². The summed E-state index contributed by atoms with van der Waals surface area (Å²) in [5, 5.41) is 0. The van der Waals surface area contributed by atoms with Crippen molar-refractivity contribution in [3.8, 4) is 0 Å². The number of benzene rings is 1. The maximum absolute atomic E-state index is 11.1. The largest absolute Gasteiger partial charge is 0.296 e. The lowest BCUT2D eigenvalue weighted by molar-refractivity contribution is 0.481. The van der Waals surface area contributed by atoms with Crippen molar-refractivity contribution in [3.05, 3.63) is 24.3 Å². The highest BCUT2D eigenvalue weighted by Gasteiger charge is 2.24. The molecule has 112 valence electrons. The standard InChI is InChI=1S/C8H9NO8S3/c1-2-5-3-6(9-18(10)11)8(20(15,16)17)4-7(5)19(12,13)14/h2-4,9H,1H2,(H,10,11)(H,12,13,14)(H,15,16,17). The van der Waals surface area contributed by atoms with Gasteiger partial charge in [-0.2, -0.15) is 16.8 Å². The van der Waals surface area contributed by atoms with Crippen LogP contribution in [0.15, 0.2) is 28.5 Å². The molecule has 0 saturated carbocycles. The monoisotopic (exact) mass is 343 g/mol. The van der Waals surface area contributed by atoms with E-state index in [2.05, 4.69) is 6.58 Å². The van der Waals surface area contributed by atoms with Crippen molar-refractivity contribution in [2.24, 2.45) is 0 Å². The van der Waals surface area contributed by atoms with Gasteiger partial charge in [0.2, 0.25) is 0 Å². The van der Waals surface area contributed by atoms with Gasteiger partial charge in [-0.25, -0.2) is 4.21 Å². The van der Waals surface area contributed by atoms with Gasteiger partial charge in [-0.3, -0.25) is 18.4 Å². The van der Waals surface area contributed by atoms with Gasteiger partial charge in [-0.05, 0) is 17.7 Å². The molecule has 1 aromatic carbocycles. The highest BCUT2D eigenvalue weighted by atomic mass is 32.2. The molecule has 0 radical (unpaired) electrons. The van der Waals surface area contributed by atoms with Crippen LogP contribution >= 0.6 is 0 Å². The van der Waals surface area contributed by atoms with Gasteiger partial charge in [0.05, 0.1) is 5.69 Å². The predicted octanol–water partition coefficient (Wildman–Crippen LogP) is 0.372. The van der Waals surface area contributed by atoms with E-state index < -0.39 is 47.0 Å². The van der Waals surface area contributed by atoms with Crippen molar-refractivity contribution in [2.45, 2.75) is 9.79 Å². The van der Waals surface area contributed by atoms with E-state index in [-0.39, 0.29) is 5.56 Å². The zero-order valence-corrected chi connectivity index (χ0v) is 12.0. The van der Waals surface area contributed by atoms with Gasteiger partial charge < -0.3 is 0 Å². The second kappa shape index (κ2) is 5.59. The molecule has 0 spiro atoms. The minimum Gasteiger partial charge on any atom is -0.289 e. The predicted molar refractivity (Wildman–Crippen MR) is 70.6 cm³/mol. The fraction of sp³-hybridized carbons (Fsp3) is 0. The van der Waals surface area contributed by atoms with Gasteiger partial charge >= 0.3 is 0 Å². The van der Waals surface area contributed by atoms with Crippen LogP contribution in [0.3, 0.4) is 0 Å². The van der Waals surface area contributed by atoms with Gasteiger partial charge in [0, 0.05) is 0 Å². The molecule has 0 fully saturated rings. The number of anilines is 1. The average Bonchev–Trinajstić information content (AvgIpc) is 2.24. The van der Waals surface area contributed by atoms with Crippen molar-refractivity contribution in [3.63, 3.8) is 0 Å². The summed E-state index contributed by atoms with van der Waals surface area (Å²) >= 11 is -2.67. The third-order valence-electron chi connectivity index (χ3n) is 2.08. The van der Waals surface area contributed by atoms with Crippen LogP contribution in [0.5, 0.6) is 0 Å². The third kappa shape index (κ3) is 3.84. The van der Waals surface area contributed by atoms with Crippen molar-refractivity contribution in [1.29, 1.82) is 0 Å². The molecule has 20 heavy (non-hydrogen) atoms. The summed E-state index contributed by atoms with van der Waals surface area (Å²) in [5.74, 6) is 0. The van der Waals surface area contributed by atoms with Gasteiger partial charge in [0.15, 0.2) is 0 Å². The maximum Gasteiger partial charge on any atom is 0.296 e. The summed E-state index contributed by atoms with van der Waals surface area (Å²) in [4.78, 5) is -1.81. The van der Waals surface area contributed by atoms with E-state index in [0.29, 0.717) is 6.07 Å². The lowest BCUT2D eigenvalue weighted by atomic mass is 10.2. The van der Waals surface area contributed by atoms with Gasteiger partial charge in [-0.1, -0.05) is 12.7 Å². The van der Waals surface area contributed by atoms with Crippen LogP contribution in [0.25, 0.3) is 6.08 Å². The first-order valence-electron chi connectivity index (χ1n) is 4.60. The van der Waals surface area contributed by atoms with E-state index in [0.717, 1.165) is 12.1 Å². The summed E-state index contributed by atoms with van der Waals surface area (Å²) in [5.41, 5.74) is -0.761. The van der Waals surface area contributed by atoms with E-state index >= 15 is 0 Å². The Morgan fingerprint density at radius 2 is 1.60 bits per heavy atom. The van der Waals surface area contributed by atoms with Gasteiger partial charge in [-0.15, -0.1) is 0 Å². The molecule has 9 nitrogen and oxygen atoms in total. The Hall–Kier alpha value is -1.31. The fourth-order valence-electron chi connectivity index (χ4n) is 1.35. The highest BCUT2D eigenvalue weighted by Crippen LogP contribution is 2.29. The lowest BCUT2D eigenvalue weighted by Gasteiger charge is -2.11. The first kappa shape index (κ1) is 16.7. The second-order valence-corrected chi connectivity index (χ2v) is 6.87. The van der Waals surface area contributed by atoms with Crippen molar-refractivity contribution < 1.29 is 34.7 Å². The van der Waals surface area contributed by atoms with Crippen LogP contribution in [0, 0.1) is 0 Å². The van der Waals surface area contributed by atoms with Crippen molar-refractivity contribution in [2.75, 3.05) is 4.72 Å². The molecule has 0 aromatic heterocycles. The number of nitrogens with one attached hydrogen (secondary N) is 1. The van der Waals surface area contributed by atoms with Crippen LogP contribution in [0.2, 0.25) is 0 Å². The van der Waals surface area contributed by atoms with Crippen LogP contribution in [0.1, 0.15) is 5.56 Å². The molecule has 0 saturated heterocycles. The molecule has 0 amide bonds. The zero-order chi connectivity index (χ0) is 15.7. The normalized spacial score (nSPS) is 13.8. The lowest BCUT2D eigenvalue weighted by Crippen LogP contribution is -2.11. The molecule has 0 aliphatic rings. The van der Waals surface area contributed by atoms with E-state index in [1.54, 1.807) is 4.72 Å². The van der Waals surface area contributed by atoms with Crippen molar-refractivity contribution in [1.82, 2.24) is 0 Å². The first-order valence-corrected chi connectivity index (χ1v) is 8.58. The maximum atomic E-state index is 11.1. The molecule has 12 heteroatoms. The average molecular weight is 343 g/mol. The molecule has 0 heterocycles. The van der Waals surface area contributed by atoms with Crippen LogP contribution < -0.4 is 4.72 Å². The number of hydrogen-bond donors (Lipinski definition) is 4. The third-order valence-corrected chi connectivity index (χ3v) is 4.28. The molecular formula is C8H9NO8S3. The molecule has 0 aliphatic carbocycles. The second-order valence-electron chi connectivity index (χ2n) is 3.39. The van der Waals surface area contributed by atoms with E-state index in [1.807, 2.05) is 0 Å². The molecule has 1 aromatic rings.